The third kappa shape index (κ3) is 1.34. The van der Waals surface area contributed by atoms with Gasteiger partial charge in [-0.05, 0) is 18.8 Å². The zero-order valence-electron chi connectivity index (χ0n) is 7.59. The Bertz CT molecular complexity index is 650. The van der Waals surface area contributed by atoms with Gasteiger partial charge in [-0.25, -0.2) is 0 Å². The maximum Gasteiger partial charge on any atom is 0.314 e. The molecule has 2 aromatic heterocycles. The van der Waals surface area contributed by atoms with Crippen molar-refractivity contribution in [3.63, 3.8) is 0 Å². The van der Waals surface area contributed by atoms with E-state index in [9.17, 15) is 9.59 Å². The lowest BCUT2D eigenvalue weighted by atomic mass is 10.2. The number of aromatic nitrogens is 2. The van der Waals surface area contributed by atoms with E-state index in [1.54, 1.807) is 0 Å². The molecule has 2 heterocycles. The van der Waals surface area contributed by atoms with E-state index in [0.717, 1.165) is 18.4 Å². The lowest BCUT2D eigenvalue weighted by Crippen LogP contribution is -2.28. The summed E-state index contributed by atoms with van der Waals surface area (Å²) in [6, 6.07) is 0. The molecule has 0 aromatic carbocycles. The quantitative estimate of drug-likeness (QED) is 0.749. The highest BCUT2D eigenvalue weighted by molar-refractivity contribution is 7.22. The second-order valence-electron chi connectivity index (χ2n) is 3.68. The van der Waals surface area contributed by atoms with Crippen LogP contribution < -0.4 is 11.1 Å². The van der Waals surface area contributed by atoms with E-state index in [4.69, 9.17) is 11.6 Å². The minimum atomic E-state index is -0.622. The molecule has 1 saturated carbocycles. The molecule has 78 valence electrons. The van der Waals surface area contributed by atoms with E-state index in [0.29, 0.717) is 20.6 Å². The van der Waals surface area contributed by atoms with Gasteiger partial charge in [0.1, 0.15) is 9.17 Å². The summed E-state index contributed by atoms with van der Waals surface area (Å²) >= 11 is 7.39. The van der Waals surface area contributed by atoms with Crippen LogP contribution in [0, 0.1) is 0 Å². The zero-order valence-corrected chi connectivity index (χ0v) is 9.17. The van der Waals surface area contributed by atoms with Crippen LogP contribution in [-0.4, -0.2) is 9.97 Å². The summed E-state index contributed by atoms with van der Waals surface area (Å²) in [6.45, 7) is 0. The molecule has 2 N–H and O–H groups in total. The summed E-state index contributed by atoms with van der Waals surface area (Å²) in [4.78, 5) is 28.1. The lowest BCUT2D eigenvalue weighted by molar-refractivity contribution is 1.11. The number of hydrogen-bond donors (Lipinski definition) is 2. The van der Waals surface area contributed by atoms with Crippen LogP contribution in [0.25, 0.3) is 10.3 Å². The summed E-state index contributed by atoms with van der Waals surface area (Å²) < 4.78 is 0.671. The van der Waals surface area contributed by atoms with Gasteiger partial charge in [-0.1, -0.05) is 11.6 Å². The van der Waals surface area contributed by atoms with Crippen molar-refractivity contribution < 1.29 is 0 Å². The number of fused-ring (bicyclic) bond motifs is 1. The van der Waals surface area contributed by atoms with Gasteiger partial charge in [0, 0.05) is 5.56 Å². The molecule has 0 amide bonds. The van der Waals surface area contributed by atoms with Crippen LogP contribution in [-0.2, 0) is 0 Å². The van der Waals surface area contributed by atoms with E-state index in [1.807, 2.05) is 0 Å². The second-order valence-corrected chi connectivity index (χ2v) is 5.30. The Morgan fingerprint density at radius 2 is 1.87 bits per heavy atom. The Hall–Kier alpha value is -1.07. The molecular formula is C9H7ClN2O2S. The number of nitrogens with one attached hydrogen (secondary N) is 2. The molecule has 4 nitrogen and oxygen atoms in total. The SMILES string of the molecule is O=c1[nH]c2sc(Cl)c(C3CC3)c2[nH]c1=O. The fraction of sp³-hybridized carbons (Fsp3) is 0.333. The molecule has 3 rings (SSSR count). The molecule has 6 heteroatoms. The molecule has 0 unspecified atom stereocenters. The van der Waals surface area contributed by atoms with Crippen LogP contribution in [0.3, 0.4) is 0 Å². The van der Waals surface area contributed by atoms with E-state index < -0.39 is 11.1 Å². The van der Waals surface area contributed by atoms with E-state index in [-0.39, 0.29) is 0 Å². The van der Waals surface area contributed by atoms with Gasteiger partial charge < -0.3 is 9.97 Å². The Kier molecular flexibility index (Phi) is 1.81. The summed E-state index contributed by atoms with van der Waals surface area (Å²) in [5, 5.41) is 0. The fourth-order valence-corrected chi connectivity index (χ4v) is 3.14. The molecule has 0 spiro atoms. The first-order valence-corrected chi connectivity index (χ1v) is 5.81. The van der Waals surface area contributed by atoms with Crippen molar-refractivity contribution >= 4 is 33.3 Å². The van der Waals surface area contributed by atoms with Crippen molar-refractivity contribution in [3.8, 4) is 0 Å². The zero-order chi connectivity index (χ0) is 10.6. The second kappa shape index (κ2) is 2.96. The van der Waals surface area contributed by atoms with Gasteiger partial charge in [0.15, 0.2) is 0 Å². The standard InChI is InChI=1S/C9H7ClN2O2S/c10-6-4(3-1-2-3)5-9(15-6)12-8(14)7(13)11-5/h3H,1-2H2,(H,11,13)(H,12,14). The first-order valence-electron chi connectivity index (χ1n) is 4.61. The molecule has 0 atom stereocenters. The number of halogens is 1. The van der Waals surface area contributed by atoms with E-state index >= 15 is 0 Å². The summed E-state index contributed by atoms with van der Waals surface area (Å²) in [7, 11) is 0. The van der Waals surface area contributed by atoms with Crippen LogP contribution in [0.1, 0.15) is 24.3 Å². The third-order valence-corrected chi connectivity index (χ3v) is 3.90. The molecule has 1 aliphatic carbocycles. The predicted octanol–water partition coefficient (Wildman–Crippen LogP) is 1.81. The number of thiophene rings is 1. The van der Waals surface area contributed by atoms with Crippen molar-refractivity contribution in [2.45, 2.75) is 18.8 Å². The number of aromatic amines is 2. The van der Waals surface area contributed by atoms with Gasteiger partial charge in [0.2, 0.25) is 0 Å². The minimum Gasteiger partial charge on any atom is -0.315 e. The maximum absolute atomic E-state index is 11.2. The average molecular weight is 243 g/mol. The molecule has 0 bridgehead atoms. The monoisotopic (exact) mass is 242 g/mol. The highest BCUT2D eigenvalue weighted by atomic mass is 35.5. The average Bonchev–Trinajstić information content (AvgIpc) is 2.93. The van der Waals surface area contributed by atoms with Gasteiger partial charge in [-0.2, -0.15) is 0 Å². The Labute approximate surface area is 92.9 Å². The Morgan fingerprint density at radius 1 is 1.20 bits per heavy atom. The smallest absolute Gasteiger partial charge is 0.314 e. The molecule has 2 aromatic rings. The summed E-state index contributed by atoms with van der Waals surface area (Å²) in [5.74, 6) is 0.452. The van der Waals surface area contributed by atoms with Crippen molar-refractivity contribution in [1.82, 2.24) is 9.97 Å². The molecule has 0 saturated heterocycles. The molecule has 1 fully saturated rings. The van der Waals surface area contributed by atoms with Crippen molar-refractivity contribution in [2.24, 2.45) is 0 Å². The van der Waals surface area contributed by atoms with Crippen molar-refractivity contribution in [2.75, 3.05) is 0 Å². The van der Waals surface area contributed by atoms with Crippen LogP contribution >= 0.6 is 22.9 Å². The molecule has 1 aliphatic rings. The summed E-state index contributed by atoms with van der Waals surface area (Å²) in [6.07, 6.45) is 2.21. The number of H-pyrrole nitrogens is 2. The normalized spacial score (nSPS) is 16.1. The third-order valence-electron chi connectivity index (χ3n) is 2.56. The minimum absolute atomic E-state index is 0.452. The van der Waals surface area contributed by atoms with Gasteiger partial charge in [-0.15, -0.1) is 11.3 Å². The lowest BCUT2D eigenvalue weighted by Gasteiger charge is -1.94. The molecule has 0 radical (unpaired) electrons. The van der Waals surface area contributed by atoms with Crippen molar-refractivity contribution in [3.05, 3.63) is 30.6 Å². The van der Waals surface area contributed by atoms with Crippen LogP contribution in [0.4, 0.5) is 0 Å². The topological polar surface area (TPSA) is 65.7 Å². The molecular weight excluding hydrogens is 236 g/mol. The number of hydrogen-bond acceptors (Lipinski definition) is 3. The molecule has 15 heavy (non-hydrogen) atoms. The van der Waals surface area contributed by atoms with Gasteiger partial charge in [0.25, 0.3) is 0 Å². The highest BCUT2D eigenvalue weighted by Gasteiger charge is 2.30. The van der Waals surface area contributed by atoms with E-state index in [1.165, 1.54) is 11.3 Å². The van der Waals surface area contributed by atoms with Crippen LogP contribution in [0.2, 0.25) is 4.34 Å². The van der Waals surface area contributed by atoms with Crippen LogP contribution in [0.5, 0.6) is 0 Å². The molecule has 0 aliphatic heterocycles. The van der Waals surface area contributed by atoms with E-state index in [2.05, 4.69) is 9.97 Å². The van der Waals surface area contributed by atoms with Gasteiger partial charge >= 0.3 is 11.1 Å². The fourth-order valence-electron chi connectivity index (χ4n) is 1.70. The number of rotatable bonds is 1. The summed E-state index contributed by atoms with van der Waals surface area (Å²) in [5.41, 5.74) is 0.462. The highest BCUT2D eigenvalue weighted by Crippen LogP contribution is 2.48. The predicted molar refractivity (Wildman–Crippen MR) is 60.1 cm³/mol. The van der Waals surface area contributed by atoms with Crippen LogP contribution in [0.15, 0.2) is 9.59 Å². The van der Waals surface area contributed by atoms with Crippen molar-refractivity contribution in [1.29, 1.82) is 0 Å². The first kappa shape index (κ1) is 9.18. The Morgan fingerprint density at radius 3 is 2.53 bits per heavy atom. The first-order chi connectivity index (χ1) is 7.16. The Balaban J connectivity index is 2.44. The van der Waals surface area contributed by atoms with Gasteiger partial charge in [-0.3, -0.25) is 9.59 Å². The largest absolute Gasteiger partial charge is 0.315 e. The van der Waals surface area contributed by atoms with Gasteiger partial charge in [0.05, 0.1) is 5.52 Å². The maximum atomic E-state index is 11.2.